The van der Waals surface area contributed by atoms with Crippen LogP contribution in [0.15, 0.2) is 17.0 Å². The van der Waals surface area contributed by atoms with Crippen molar-refractivity contribution in [1.82, 2.24) is 0 Å². The number of methoxy groups -OCH3 is 1. The highest BCUT2D eigenvalue weighted by molar-refractivity contribution is 7.80. The van der Waals surface area contributed by atoms with Crippen LogP contribution in [0.25, 0.3) is 0 Å². The molecule has 3 nitrogen and oxygen atoms in total. The van der Waals surface area contributed by atoms with E-state index >= 15 is 0 Å². The van der Waals surface area contributed by atoms with Gasteiger partial charge in [0.2, 0.25) is 0 Å². The molecule has 5 heteroatoms. The van der Waals surface area contributed by atoms with Gasteiger partial charge in [0.25, 0.3) is 0 Å². The Hall–Kier alpha value is -1.18. The lowest BCUT2D eigenvalue weighted by Gasteiger charge is -2.07. The van der Waals surface area contributed by atoms with E-state index in [1.54, 1.807) is 12.1 Å². The second-order valence-corrected chi connectivity index (χ2v) is 3.45. The van der Waals surface area contributed by atoms with Crippen molar-refractivity contribution in [2.45, 2.75) is 10.8 Å². The molecule has 0 saturated heterocycles. The highest BCUT2D eigenvalue weighted by Crippen LogP contribution is 2.24. The predicted octanol–water partition coefficient (Wildman–Crippen LogP) is 2.37. The van der Waals surface area contributed by atoms with Crippen LogP contribution in [0.2, 0.25) is 0 Å². The maximum Gasteiger partial charge on any atom is 0.339 e. The quantitative estimate of drug-likeness (QED) is 0.491. The number of nitriles is 1. The highest BCUT2D eigenvalue weighted by atomic mass is 35.5. The minimum absolute atomic E-state index is 0.206. The fourth-order valence-electron chi connectivity index (χ4n) is 1.14. The molecule has 0 aliphatic rings. The molecule has 1 aromatic carbocycles. The summed E-state index contributed by atoms with van der Waals surface area (Å²) in [5.41, 5.74) is 1.24. The Morgan fingerprint density at radius 2 is 2.33 bits per heavy atom. The van der Waals surface area contributed by atoms with E-state index in [-0.39, 0.29) is 11.4 Å². The van der Waals surface area contributed by atoms with Crippen LogP contribution in [0.4, 0.5) is 0 Å². The van der Waals surface area contributed by atoms with E-state index in [0.717, 1.165) is 0 Å². The third kappa shape index (κ3) is 2.25. The zero-order chi connectivity index (χ0) is 11.4. The smallest absolute Gasteiger partial charge is 0.339 e. The van der Waals surface area contributed by atoms with Gasteiger partial charge in [-0.15, -0.1) is 24.2 Å². The summed E-state index contributed by atoms with van der Waals surface area (Å²) in [4.78, 5) is 11.6. The van der Waals surface area contributed by atoms with Crippen molar-refractivity contribution < 1.29 is 9.53 Å². The average molecular weight is 242 g/mol. The molecule has 0 bridgehead atoms. The topological polar surface area (TPSA) is 50.1 Å². The molecule has 0 atom stereocenters. The molecule has 0 amide bonds. The van der Waals surface area contributed by atoms with Crippen molar-refractivity contribution in [1.29, 1.82) is 5.26 Å². The monoisotopic (exact) mass is 241 g/mol. The number of rotatable bonds is 2. The van der Waals surface area contributed by atoms with E-state index in [2.05, 4.69) is 17.4 Å². The number of alkyl halides is 1. The van der Waals surface area contributed by atoms with Gasteiger partial charge in [-0.05, 0) is 11.6 Å². The van der Waals surface area contributed by atoms with Crippen LogP contribution >= 0.6 is 24.2 Å². The zero-order valence-electron chi connectivity index (χ0n) is 7.95. The number of hydrogen-bond acceptors (Lipinski definition) is 4. The lowest BCUT2D eigenvalue weighted by atomic mass is 10.1. The van der Waals surface area contributed by atoms with Gasteiger partial charge in [-0.2, -0.15) is 5.26 Å². The molecular formula is C10H8ClNO2S. The minimum Gasteiger partial charge on any atom is -0.465 e. The molecular weight excluding hydrogens is 234 g/mol. The average Bonchev–Trinajstić information content (AvgIpc) is 2.27. The van der Waals surface area contributed by atoms with Crippen LogP contribution in [0.5, 0.6) is 0 Å². The molecule has 1 aromatic rings. The fourth-order valence-corrected chi connectivity index (χ4v) is 1.73. The summed E-state index contributed by atoms with van der Waals surface area (Å²) >= 11 is 9.77. The SMILES string of the molecule is COC(=O)c1ccc(CCl)c(C#N)c1S. The third-order valence-corrected chi connectivity index (χ3v) is 2.68. The first-order valence-electron chi connectivity index (χ1n) is 4.05. The standard InChI is InChI=1S/C10H8ClNO2S/c1-14-10(13)7-3-2-6(4-11)8(5-12)9(7)15/h2-3,15H,4H2,1H3. The van der Waals surface area contributed by atoms with Crippen LogP contribution in [-0.2, 0) is 10.6 Å². The second kappa shape index (κ2) is 5.06. The number of halogens is 1. The molecule has 0 spiro atoms. The summed E-state index contributed by atoms with van der Waals surface area (Å²) in [6.07, 6.45) is 0. The van der Waals surface area contributed by atoms with E-state index in [4.69, 9.17) is 16.9 Å². The molecule has 0 aromatic heterocycles. The van der Waals surface area contributed by atoms with Crippen LogP contribution in [0, 0.1) is 11.3 Å². The summed E-state index contributed by atoms with van der Waals surface area (Å²) in [6, 6.07) is 5.14. The van der Waals surface area contributed by atoms with Gasteiger partial charge >= 0.3 is 5.97 Å². The number of esters is 1. The Morgan fingerprint density at radius 1 is 1.67 bits per heavy atom. The molecule has 0 aliphatic carbocycles. The molecule has 0 aliphatic heterocycles. The first kappa shape index (κ1) is 11.9. The van der Waals surface area contributed by atoms with Crippen LogP contribution in [-0.4, -0.2) is 13.1 Å². The Labute approximate surface area is 98.0 Å². The van der Waals surface area contributed by atoms with E-state index in [1.165, 1.54) is 7.11 Å². The Morgan fingerprint density at radius 3 is 2.80 bits per heavy atom. The summed E-state index contributed by atoms with van der Waals surface area (Å²) in [5, 5.41) is 8.90. The highest BCUT2D eigenvalue weighted by Gasteiger charge is 2.15. The van der Waals surface area contributed by atoms with Crippen LogP contribution < -0.4 is 0 Å². The predicted molar refractivity (Wildman–Crippen MR) is 59.3 cm³/mol. The van der Waals surface area contributed by atoms with Gasteiger partial charge in [-0.25, -0.2) is 4.79 Å². The molecule has 0 fully saturated rings. The first-order chi connectivity index (χ1) is 7.15. The largest absolute Gasteiger partial charge is 0.465 e. The van der Waals surface area contributed by atoms with Gasteiger partial charge in [0, 0.05) is 10.8 Å². The molecule has 0 unspecified atom stereocenters. The molecule has 78 valence electrons. The van der Waals surface area contributed by atoms with Gasteiger partial charge in [0.05, 0.1) is 18.2 Å². The summed E-state index contributed by atoms with van der Waals surface area (Å²) in [7, 11) is 1.27. The van der Waals surface area contributed by atoms with E-state index in [1.807, 2.05) is 6.07 Å². The molecule has 15 heavy (non-hydrogen) atoms. The van der Waals surface area contributed by atoms with Crippen molar-refractivity contribution in [2.75, 3.05) is 7.11 Å². The number of thiol groups is 1. The van der Waals surface area contributed by atoms with Crippen molar-refractivity contribution in [2.24, 2.45) is 0 Å². The van der Waals surface area contributed by atoms with E-state index in [0.29, 0.717) is 16.0 Å². The number of nitrogens with zero attached hydrogens (tertiary/aromatic N) is 1. The summed E-state index contributed by atoms with van der Waals surface area (Å²) in [5.74, 6) is -0.310. The molecule has 0 N–H and O–H groups in total. The number of carbonyl (C=O) groups excluding carboxylic acids is 1. The van der Waals surface area contributed by atoms with Crippen molar-refractivity contribution in [3.8, 4) is 6.07 Å². The summed E-state index contributed by atoms with van der Waals surface area (Å²) < 4.78 is 4.56. The molecule has 0 radical (unpaired) electrons. The number of carbonyl (C=O) groups is 1. The van der Waals surface area contributed by atoms with E-state index in [9.17, 15) is 4.79 Å². The third-order valence-electron chi connectivity index (χ3n) is 1.93. The van der Waals surface area contributed by atoms with Crippen LogP contribution in [0.1, 0.15) is 21.5 Å². The Balaban J connectivity index is 3.37. The molecule has 1 rings (SSSR count). The normalized spacial score (nSPS) is 9.47. The maximum absolute atomic E-state index is 11.3. The van der Waals surface area contributed by atoms with Crippen LogP contribution in [0.3, 0.4) is 0 Å². The van der Waals surface area contributed by atoms with Gasteiger partial charge in [-0.1, -0.05) is 6.07 Å². The van der Waals surface area contributed by atoms with Crippen molar-refractivity contribution in [3.05, 3.63) is 28.8 Å². The van der Waals surface area contributed by atoms with Gasteiger partial charge < -0.3 is 4.74 Å². The maximum atomic E-state index is 11.3. The number of hydrogen-bond donors (Lipinski definition) is 1. The molecule has 0 heterocycles. The minimum atomic E-state index is -0.516. The zero-order valence-corrected chi connectivity index (χ0v) is 9.60. The van der Waals surface area contributed by atoms with E-state index < -0.39 is 5.97 Å². The summed E-state index contributed by atoms with van der Waals surface area (Å²) in [6.45, 7) is 0. The fraction of sp³-hybridized carbons (Fsp3) is 0.200. The van der Waals surface area contributed by atoms with Gasteiger partial charge in [-0.3, -0.25) is 0 Å². The lowest BCUT2D eigenvalue weighted by molar-refractivity contribution is 0.0597. The van der Waals surface area contributed by atoms with Gasteiger partial charge in [0.1, 0.15) is 6.07 Å². The first-order valence-corrected chi connectivity index (χ1v) is 5.03. The van der Waals surface area contributed by atoms with Gasteiger partial charge in [0.15, 0.2) is 0 Å². The lowest BCUT2D eigenvalue weighted by Crippen LogP contribution is -2.04. The number of benzene rings is 1. The second-order valence-electron chi connectivity index (χ2n) is 2.73. The van der Waals surface area contributed by atoms with Crippen molar-refractivity contribution in [3.63, 3.8) is 0 Å². The Kier molecular flexibility index (Phi) is 4.01. The Bertz CT molecular complexity index is 440. The van der Waals surface area contributed by atoms with Crippen molar-refractivity contribution >= 4 is 30.2 Å². The number of ether oxygens (including phenoxy) is 1. The molecule has 0 saturated carbocycles.